The second-order valence-electron chi connectivity index (χ2n) is 12.5. The molecule has 0 radical (unpaired) electrons. The molecule has 7 aromatic carbocycles. The van der Waals surface area contributed by atoms with Crippen molar-refractivity contribution in [2.45, 2.75) is 27.7 Å². The van der Waals surface area contributed by atoms with Crippen LogP contribution in [0.5, 0.6) is 11.5 Å². The average Bonchev–Trinajstić information content (AvgIpc) is 3.12. The predicted molar refractivity (Wildman–Crippen MR) is 203 cm³/mol. The zero-order valence-electron chi connectivity index (χ0n) is 28.4. The van der Waals surface area contributed by atoms with Crippen molar-refractivity contribution < 1.29 is 9.47 Å². The smallest absolute Gasteiger partial charge is 0.119 e. The van der Waals surface area contributed by atoms with E-state index >= 15 is 0 Å². The van der Waals surface area contributed by atoms with Gasteiger partial charge in [0.1, 0.15) is 11.5 Å². The summed E-state index contributed by atoms with van der Waals surface area (Å²) < 4.78 is 11.2. The van der Waals surface area contributed by atoms with Gasteiger partial charge in [-0.05, 0) is 128 Å². The summed E-state index contributed by atoms with van der Waals surface area (Å²) in [6.07, 6.45) is 0. The molecule has 0 aliphatic heterocycles. The summed E-state index contributed by atoms with van der Waals surface area (Å²) in [6, 6.07) is 47.9. The molecule has 0 atom stereocenters. The first-order chi connectivity index (χ1) is 23.4. The van der Waals surface area contributed by atoms with Gasteiger partial charge in [0.25, 0.3) is 0 Å². The largest absolute Gasteiger partial charge is 0.497 e. The first kappa shape index (κ1) is 30.9. The maximum atomic E-state index is 5.60. The van der Waals surface area contributed by atoms with Gasteiger partial charge in [-0.15, -0.1) is 0 Å². The Hall–Kier alpha value is -5.74. The Balaban J connectivity index is 1.69. The number of rotatable bonds is 8. The van der Waals surface area contributed by atoms with Crippen LogP contribution in [-0.2, 0) is 0 Å². The van der Waals surface area contributed by atoms with Gasteiger partial charge in [-0.1, -0.05) is 65.7 Å². The highest BCUT2D eigenvalue weighted by molar-refractivity contribution is 6.23. The van der Waals surface area contributed by atoms with Gasteiger partial charge in [0.2, 0.25) is 0 Å². The Bertz CT molecular complexity index is 2220. The van der Waals surface area contributed by atoms with Crippen LogP contribution in [0.3, 0.4) is 0 Å². The summed E-state index contributed by atoms with van der Waals surface area (Å²) in [6.45, 7) is 8.67. The molecule has 48 heavy (non-hydrogen) atoms. The van der Waals surface area contributed by atoms with Crippen LogP contribution in [0.2, 0.25) is 0 Å². The zero-order valence-corrected chi connectivity index (χ0v) is 28.4. The number of fused-ring (bicyclic) bond motifs is 3. The van der Waals surface area contributed by atoms with Crippen LogP contribution < -0.4 is 19.3 Å². The molecule has 0 fully saturated rings. The number of hydrogen-bond donors (Lipinski definition) is 0. The SMILES string of the molecule is COc1ccc(N(c2ccc(C)cc2)c2c(N(c3ccc(C)cc3)c3ccc(OC)cc3)c3cc(C)c(C)cc3c3ccccc23)cc1. The predicted octanol–water partition coefficient (Wildman–Crippen LogP) is 12.2. The third-order valence-corrected chi connectivity index (χ3v) is 9.28. The molecule has 0 saturated heterocycles. The van der Waals surface area contributed by atoms with Gasteiger partial charge in [-0.3, -0.25) is 0 Å². The quantitative estimate of drug-likeness (QED) is 0.123. The highest BCUT2D eigenvalue weighted by Gasteiger charge is 2.28. The van der Waals surface area contributed by atoms with Gasteiger partial charge in [0, 0.05) is 33.5 Å². The normalized spacial score (nSPS) is 11.1. The van der Waals surface area contributed by atoms with E-state index < -0.39 is 0 Å². The van der Waals surface area contributed by atoms with Gasteiger partial charge in [-0.2, -0.15) is 0 Å². The molecule has 0 aliphatic carbocycles. The second-order valence-corrected chi connectivity index (χ2v) is 12.5. The van der Waals surface area contributed by atoms with Crippen LogP contribution in [0.4, 0.5) is 34.1 Å². The lowest BCUT2D eigenvalue weighted by atomic mass is 9.92. The van der Waals surface area contributed by atoms with Crippen LogP contribution in [0.25, 0.3) is 21.5 Å². The van der Waals surface area contributed by atoms with Gasteiger partial charge in [0.05, 0.1) is 25.6 Å². The Morgan fingerprint density at radius 3 is 1.15 bits per heavy atom. The van der Waals surface area contributed by atoms with Crippen molar-refractivity contribution in [2.24, 2.45) is 0 Å². The number of anilines is 6. The maximum absolute atomic E-state index is 5.60. The molecule has 0 unspecified atom stereocenters. The van der Waals surface area contributed by atoms with Gasteiger partial charge in [0.15, 0.2) is 0 Å². The molecule has 0 heterocycles. The number of methoxy groups -OCH3 is 2. The van der Waals surface area contributed by atoms with E-state index in [-0.39, 0.29) is 0 Å². The van der Waals surface area contributed by atoms with E-state index in [0.29, 0.717) is 0 Å². The van der Waals surface area contributed by atoms with Crippen molar-refractivity contribution in [1.82, 2.24) is 0 Å². The minimum atomic E-state index is 0.816. The van der Waals surface area contributed by atoms with Crippen LogP contribution in [-0.4, -0.2) is 14.2 Å². The monoisotopic (exact) mass is 628 g/mol. The van der Waals surface area contributed by atoms with Crippen LogP contribution >= 0.6 is 0 Å². The van der Waals surface area contributed by atoms with Gasteiger partial charge >= 0.3 is 0 Å². The first-order valence-corrected chi connectivity index (χ1v) is 16.3. The van der Waals surface area contributed by atoms with Crippen molar-refractivity contribution in [3.05, 3.63) is 156 Å². The molecule has 0 aromatic heterocycles. The number of aryl methyl sites for hydroxylation is 4. The van der Waals surface area contributed by atoms with Gasteiger partial charge in [-0.25, -0.2) is 0 Å². The first-order valence-electron chi connectivity index (χ1n) is 16.3. The van der Waals surface area contributed by atoms with Crippen LogP contribution in [0.1, 0.15) is 22.3 Å². The molecule has 7 aromatic rings. The topological polar surface area (TPSA) is 24.9 Å². The molecule has 0 amide bonds. The minimum absolute atomic E-state index is 0.816. The Kier molecular flexibility index (Phi) is 8.24. The Labute approximate surface area is 283 Å². The van der Waals surface area contributed by atoms with Crippen molar-refractivity contribution in [3.63, 3.8) is 0 Å². The van der Waals surface area contributed by atoms with Crippen molar-refractivity contribution >= 4 is 55.7 Å². The fourth-order valence-corrected chi connectivity index (χ4v) is 6.53. The van der Waals surface area contributed by atoms with E-state index in [4.69, 9.17) is 9.47 Å². The number of hydrogen-bond acceptors (Lipinski definition) is 4. The highest BCUT2D eigenvalue weighted by atomic mass is 16.5. The van der Waals surface area contributed by atoms with E-state index in [1.54, 1.807) is 14.2 Å². The minimum Gasteiger partial charge on any atom is -0.497 e. The molecule has 0 N–H and O–H groups in total. The van der Waals surface area contributed by atoms with E-state index in [0.717, 1.165) is 51.0 Å². The van der Waals surface area contributed by atoms with Crippen molar-refractivity contribution in [1.29, 1.82) is 0 Å². The fraction of sp³-hybridized carbons (Fsp3) is 0.136. The van der Waals surface area contributed by atoms with Crippen LogP contribution in [0.15, 0.2) is 133 Å². The lowest BCUT2D eigenvalue weighted by Gasteiger charge is -2.35. The fourth-order valence-electron chi connectivity index (χ4n) is 6.53. The zero-order chi connectivity index (χ0) is 33.4. The highest BCUT2D eigenvalue weighted by Crippen LogP contribution is 2.53. The summed E-state index contributed by atoms with van der Waals surface area (Å²) in [4.78, 5) is 4.80. The molecule has 4 nitrogen and oxygen atoms in total. The average molecular weight is 629 g/mol. The van der Waals surface area contributed by atoms with E-state index in [2.05, 4.69) is 147 Å². The summed E-state index contributed by atoms with van der Waals surface area (Å²) in [5.74, 6) is 1.63. The number of benzene rings is 7. The molecular weight excluding hydrogens is 588 g/mol. The Morgan fingerprint density at radius 1 is 0.375 bits per heavy atom. The van der Waals surface area contributed by atoms with Gasteiger partial charge < -0.3 is 19.3 Å². The summed E-state index contributed by atoms with van der Waals surface area (Å²) in [7, 11) is 3.42. The molecule has 238 valence electrons. The molecule has 4 heteroatoms. The second kappa shape index (κ2) is 12.8. The van der Waals surface area contributed by atoms with E-state index in [1.165, 1.54) is 38.4 Å². The molecule has 7 rings (SSSR count). The lowest BCUT2D eigenvalue weighted by molar-refractivity contribution is 0.414. The number of nitrogens with zero attached hydrogens (tertiary/aromatic N) is 2. The molecular formula is C44H40N2O2. The molecule has 0 aliphatic rings. The third kappa shape index (κ3) is 5.60. The Morgan fingerprint density at radius 2 is 0.729 bits per heavy atom. The number of ether oxygens (including phenoxy) is 2. The molecule has 0 spiro atoms. The van der Waals surface area contributed by atoms with Crippen molar-refractivity contribution in [3.8, 4) is 11.5 Å². The maximum Gasteiger partial charge on any atom is 0.119 e. The summed E-state index contributed by atoms with van der Waals surface area (Å²) in [5.41, 5.74) is 11.3. The van der Waals surface area contributed by atoms with E-state index in [1.807, 2.05) is 24.3 Å². The third-order valence-electron chi connectivity index (χ3n) is 9.28. The van der Waals surface area contributed by atoms with Crippen LogP contribution in [0, 0.1) is 27.7 Å². The standard InChI is InChI=1S/C44H40N2O2/c1-29-11-15-33(16-12-29)45(35-19-23-37(47-5)24-20-35)43-40-10-8-7-9-39(40)41-27-31(3)32(4)28-42(41)44(43)46(34-17-13-30(2)14-18-34)36-21-25-38(48-6)26-22-36/h7-28H,1-6H3. The lowest BCUT2D eigenvalue weighted by Crippen LogP contribution is -2.18. The molecule has 0 saturated carbocycles. The van der Waals surface area contributed by atoms with Crippen molar-refractivity contribution in [2.75, 3.05) is 24.0 Å². The van der Waals surface area contributed by atoms with E-state index in [9.17, 15) is 0 Å². The summed E-state index contributed by atoms with van der Waals surface area (Å²) >= 11 is 0. The molecule has 0 bridgehead atoms. The summed E-state index contributed by atoms with van der Waals surface area (Å²) in [5, 5.41) is 4.76.